The van der Waals surface area contributed by atoms with Crippen LogP contribution in [-0.4, -0.2) is 30.1 Å². The van der Waals surface area contributed by atoms with Gasteiger partial charge >= 0.3 is 0 Å². The topological polar surface area (TPSA) is 15.3 Å². The quantitative estimate of drug-likeness (QED) is 0.853. The third kappa shape index (κ3) is 3.62. The summed E-state index contributed by atoms with van der Waals surface area (Å²) in [6, 6.07) is 12.3. The van der Waals surface area contributed by atoms with E-state index in [0.717, 1.165) is 18.5 Å². The first kappa shape index (κ1) is 14.1. The van der Waals surface area contributed by atoms with E-state index < -0.39 is 0 Å². The Morgan fingerprint density at radius 2 is 2.00 bits per heavy atom. The van der Waals surface area contributed by atoms with Crippen molar-refractivity contribution < 1.29 is 0 Å². The van der Waals surface area contributed by atoms with Gasteiger partial charge in [0.1, 0.15) is 0 Å². The fourth-order valence-electron chi connectivity index (χ4n) is 3.70. The zero-order valence-electron chi connectivity index (χ0n) is 12.7. The fraction of sp³-hybridized carbons (Fsp3) is 0.667. The predicted molar refractivity (Wildman–Crippen MR) is 84.7 cm³/mol. The Morgan fingerprint density at radius 3 is 2.70 bits per heavy atom. The van der Waals surface area contributed by atoms with Gasteiger partial charge in [0.05, 0.1) is 0 Å². The molecule has 0 aromatic heterocycles. The van der Waals surface area contributed by atoms with E-state index in [9.17, 15) is 0 Å². The number of hydrogen-bond donors (Lipinski definition) is 1. The van der Waals surface area contributed by atoms with E-state index in [2.05, 4.69) is 47.5 Å². The molecule has 2 heteroatoms. The lowest BCUT2D eigenvalue weighted by Gasteiger charge is -2.38. The molecule has 1 N–H and O–H groups in total. The zero-order chi connectivity index (χ0) is 13.8. The molecule has 1 saturated heterocycles. The number of nitrogens with zero attached hydrogens (tertiary/aromatic N) is 1. The van der Waals surface area contributed by atoms with Crippen LogP contribution in [0.15, 0.2) is 30.3 Å². The summed E-state index contributed by atoms with van der Waals surface area (Å²) in [7, 11) is 0. The molecule has 1 aromatic rings. The van der Waals surface area contributed by atoms with Crippen LogP contribution in [0.4, 0.5) is 0 Å². The van der Waals surface area contributed by atoms with Crippen LogP contribution in [0, 0.1) is 5.92 Å². The molecule has 1 aliphatic heterocycles. The molecule has 2 unspecified atom stereocenters. The SMILES string of the molecule is CCC(C1CC1)N1CCCC(NCc2ccccc2)C1. The van der Waals surface area contributed by atoms with Crippen molar-refractivity contribution >= 4 is 0 Å². The summed E-state index contributed by atoms with van der Waals surface area (Å²) in [5, 5.41) is 3.76. The molecule has 2 aliphatic rings. The number of hydrogen-bond acceptors (Lipinski definition) is 2. The molecule has 2 fully saturated rings. The van der Waals surface area contributed by atoms with Crippen molar-refractivity contribution in [3.63, 3.8) is 0 Å². The molecule has 0 bridgehead atoms. The molecule has 110 valence electrons. The van der Waals surface area contributed by atoms with Crippen LogP contribution in [-0.2, 0) is 6.54 Å². The lowest BCUT2D eigenvalue weighted by atomic mass is 10.00. The summed E-state index contributed by atoms with van der Waals surface area (Å²) < 4.78 is 0. The van der Waals surface area contributed by atoms with E-state index in [-0.39, 0.29) is 0 Å². The van der Waals surface area contributed by atoms with Gasteiger partial charge in [0.2, 0.25) is 0 Å². The van der Waals surface area contributed by atoms with E-state index in [1.165, 1.54) is 50.8 Å². The number of nitrogens with one attached hydrogen (secondary N) is 1. The van der Waals surface area contributed by atoms with Gasteiger partial charge in [0.15, 0.2) is 0 Å². The van der Waals surface area contributed by atoms with Crippen LogP contribution in [0.25, 0.3) is 0 Å². The minimum Gasteiger partial charge on any atom is -0.309 e. The van der Waals surface area contributed by atoms with Gasteiger partial charge in [-0.3, -0.25) is 4.90 Å². The van der Waals surface area contributed by atoms with Crippen molar-refractivity contribution in [2.45, 2.75) is 57.7 Å². The highest BCUT2D eigenvalue weighted by Crippen LogP contribution is 2.37. The van der Waals surface area contributed by atoms with Crippen molar-refractivity contribution in [3.8, 4) is 0 Å². The number of rotatable bonds is 6. The summed E-state index contributed by atoms with van der Waals surface area (Å²) in [6.07, 6.45) is 6.96. The molecule has 0 spiro atoms. The molecular formula is C18H28N2. The first-order valence-corrected chi connectivity index (χ1v) is 8.38. The van der Waals surface area contributed by atoms with Gasteiger partial charge < -0.3 is 5.32 Å². The minimum atomic E-state index is 0.678. The van der Waals surface area contributed by atoms with Crippen molar-refractivity contribution in [2.75, 3.05) is 13.1 Å². The molecule has 2 atom stereocenters. The summed E-state index contributed by atoms with van der Waals surface area (Å²) in [4.78, 5) is 2.77. The average Bonchev–Trinajstić information content (AvgIpc) is 3.32. The normalized spacial score (nSPS) is 25.6. The maximum absolute atomic E-state index is 3.76. The Hall–Kier alpha value is -0.860. The highest BCUT2D eigenvalue weighted by atomic mass is 15.2. The number of piperidine rings is 1. The van der Waals surface area contributed by atoms with Gasteiger partial charge in [0, 0.05) is 25.2 Å². The lowest BCUT2D eigenvalue weighted by molar-refractivity contribution is 0.119. The first-order chi connectivity index (χ1) is 9.86. The molecule has 1 saturated carbocycles. The van der Waals surface area contributed by atoms with Crippen LogP contribution in [0.2, 0.25) is 0 Å². The Kier molecular flexibility index (Phi) is 4.74. The molecule has 0 amide bonds. The molecule has 2 nitrogen and oxygen atoms in total. The maximum atomic E-state index is 3.76. The van der Waals surface area contributed by atoms with Crippen molar-refractivity contribution in [3.05, 3.63) is 35.9 Å². The van der Waals surface area contributed by atoms with Gasteiger partial charge in [-0.05, 0) is 50.1 Å². The molecule has 1 aromatic carbocycles. The molecule has 20 heavy (non-hydrogen) atoms. The monoisotopic (exact) mass is 272 g/mol. The maximum Gasteiger partial charge on any atom is 0.0208 e. The summed E-state index contributed by atoms with van der Waals surface area (Å²) in [6.45, 7) is 5.95. The van der Waals surface area contributed by atoms with E-state index in [1.54, 1.807) is 0 Å². The zero-order valence-corrected chi connectivity index (χ0v) is 12.7. The second-order valence-electron chi connectivity index (χ2n) is 6.51. The number of likely N-dealkylation sites (tertiary alicyclic amines) is 1. The van der Waals surface area contributed by atoms with Crippen LogP contribution in [0.3, 0.4) is 0 Å². The molecule has 1 heterocycles. The molecule has 0 radical (unpaired) electrons. The summed E-state index contributed by atoms with van der Waals surface area (Å²) in [5.74, 6) is 1.01. The molecule has 1 aliphatic carbocycles. The third-order valence-electron chi connectivity index (χ3n) is 4.94. The number of benzene rings is 1. The molecule has 3 rings (SSSR count). The highest BCUT2D eigenvalue weighted by molar-refractivity contribution is 5.14. The average molecular weight is 272 g/mol. The Labute approximate surface area is 123 Å². The minimum absolute atomic E-state index is 0.678. The van der Waals surface area contributed by atoms with Gasteiger partial charge in [0.25, 0.3) is 0 Å². The Balaban J connectivity index is 1.50. The van der Waals surface area contributed by atoms with Gasteiger partial charge in [-0.2, -0.15) is 0 Å². The van der Waals surface area contributed by atoms with Gasteiger partial charge in [-0.25, -0.2) is 0 Å². The molecular weight excluding hydrogens is 244 g/mol. The van der Waals surface area contributed by atoms with Crippen molar-refractivity contribution in [1.82, 2.24) is 10.2 Å². The van der Waals surface area contributed by atoms with Gasteiger partial charge in [-0.1, -0.05) is 37.3 Å². The predicted octanol–water partition coefficient (Wildman–Crippen LogP) is 3.43. The van der Waals surface area contributed by atoms with Crippen LogP contribution < -0.4 is 5.32 Å². The van der Waals surface area contributed by atoms with Crippen molar-refractivity contribution in [1.29, 1.82) is 0 Å². The van der Waals surface area contributed by atoms with Crippen LogP contribution in [0.1, 0.15) is 44.6 Å². The van der Waals surface area contributed by atoms with Crippen LogP contribution in [0.5, 0.6) is 0 Å². The van der Waals surface area contributed by atoms with Gasteiger partial charge in [-0.15, -0.1) is 0 Å². The lowest BCUT2D eigenvalue weighted by Crippen LogP contribution is -2.49. The van der Waals surface area contributed by atoms with E-state index in [0.29, 0.717) is 6.04 Å². The summed E-state index contributed by atoms with van der Waals surface area (Å²) in [5.41, 5.74) is 1.40. The second kappa shape index (κ2) is 6.73. The largest absolute Gasteiger partial charge is 0.309 e. The van der Waals surface area contributed by atoms with E-state index >= 15 is 0 Å². The highest BCUT2D eigenvalue weighted by Gasteiger charge is 2.35. The standard InChI is InChI=1S/C18H28N2/c1-2-18(16-10-11-16)20-12-6-9-17(14-20)19-13-15-7-4-3-5-8-15/h3-5,7-8,16-19H,2,6,9-14H2,1H3. The Morgan fingerprint density at radius 1 is 1.20 bits per heavy atom. The van der Waals surface area contributed by atoms with E-state index in [4.69, 9.17) is 0 Å². The van der Waals surface area contributed by atoms with E-state index in [1.807, 2.05) is 0 Å². The fourth-order valence-corrected chi connectivity index (χ4v) is 3.70. The smallest absolute Gasteiger partial charge is 0.0208 e. The second-order valence-corrected chi connectivity index (χ2v) is 6.51. The van der Waals surface area contributed by atoms with Crippen LogP contribution >= 0.6 is 0 Å². The van der Waals surface area contributed by atoms with Crippen molar-refractivity contribution in [2.24, 2.45) is 5.92 Å². The summed E-state index contributed by atoms with van der Waals surface area (Å²) >= 11 is 0. The Bertz CT molecular complexity index is 399. The third-order valence-corrected chi connectivity index (χ3v) is 4.94. The first-order valence-electron chi connectivity index (χ1n) is 8.38.